The third kappa shape index (κ3) is 4.85. The molecular weight excluding hydrogens is 364 g/mol. The monoisotopic (exact) mass is 383 g/mol. The van der Waals surface area contributed by atoms with Crippen molar-refractivity contribution >= 4 is 29.3 Å². The molecule has 0 aliphatic heterocycles. The lowest BCUT2D eigenvalue weighted by atomic mass is 10.1. The highest BCUT2D eigenvalue weighted by molar-refractivity contribution is 7.99. The molecular formula is C18H19F2NO4S. The van der Waals surface area contributed by atoms with Crippen LogP contribution < -0.4 is 5.32 Å². The number of nitrogens with one attached hydrogen (secondary N) is 1. The molecule has 1 amide bonds. The van der Waals surface area contributed by atoms with E-state index < -0.39 is 23.7 Å². The van der Waals surface area contributed by atoms with Crippen molar-refractivity contribution < 1.29 is 27.5 Å². The van der Waals surface area contributed by atoms with Gasteiger partial charge in [0.15, 0.2) is 6.10 Å². The average molecular weight is 383 g/mol. The lowest BCUT2D eigenvalue weighted by Crippen LogP contribution is -2.30. The molecule has 0 bridgehead atoms. The van der Waals surface area contributed by atoms with E-state index in [0.29, 0.717) is 45.0 Å². The van der Waals surface area contributed by atoms with Crippen LogP contribution >= 0.6 is 11.8 Å². The maximum Gasteiger partial charge on any atom is 0.342 e. The number of benzene rings is 1. The molecule has 0 fully saturated rings. The number of thioether (sulfide) groups is 1. The Labute approximate surface area is 154 Å². The third-order valence-electron chi connectivity index (χ3n) is 3.77. The predicted molar refractivity (Wildman–Crippen MR) is 94.7 cm³/mol. The number of carbonyl (C=O) groups excluding carboxylic acids is 2. The highest BCUT2D eigenvalue weighted by Gasteiger charge is 2.24. The summed E-state index contributed by atoms with van der Waals surface area (Å²) in [6, 6.07) is 5.96. The first-order valence-electron chi connectivity index (χ1n) is 7.82. The summed E-state index contributed by atoms with van der Waals surface area (Å²) in [4.78, 5) is 24.8. The van der Waals surface area contributed by atoms with E-state index in [-0.39, 0.29) is 0 Å². The van der Waals surface area contributed by atoms with Crippen LogP contribution in [0.15, 0.2) is 33.6 Å². The van der Waals surface area contributed by atoms with Gasteiger partial charge in [0.1, 0.15) is 17.1 Å². The molecule has 8 heteroatoms. The van der Waals surface area contributed by atoms with E-state index in [9.17, 15) is 18.4 Å². The maximum absolute atomic E-state index is 12.3. The number of anilines is 1. The Morgan fingerprint density at radius 1 is 1.12 bits per heavy atom. The van der Waals surface area contributed by atoms with Gasteiger partial charge in [-0.15, -0.1) is 0 Å². The van der Waals surface area contributed by atoms with Crippen LogP contribution in [0.2, 0.25) is 0 Å². The summed E-state index contributed by atoms with van der Waals surface area (Å²) < 4.78 is 35.2. The largest absolute Gasteiger partial charge is 0.465 e. The van der Waals surface area contributed by atoms with E-state index in [1.54, 1.807) is 20.8 Å². The number of amides is 1. The molecule has 1 aromatic carbocycles. The average Bonchev–Trinajstić information content (AvgIpc) is 2.81. The van der Waals surface area contributed by atoms with Gasteiger partial charge in [-0.25, -0.2) is 4.79 Å². The molecule has 2 rings (SSSR count). The first-order valence-corrected chi connectivity index (χ1v) is 8.70. The number of carbonyl (C=O) groups is 2. The van der Waals surface area contributed by atoms with E-state index in [4.69, 9.17) is 9.15 Å². The molecule has 2 aromatic rings. The third-order valence-corrected chi connectivity index (χ3v) is 4.49. The zero-order valence-corrected chi connectivity index (χ0v) is 15.6. The molecule has 1 N–H and O–H groups in total. The van der Waals surface area contributed by atoms with Crippen LogP contribution in [0.5, 0.6) is 0 Å². The van der Waals surface area contributed by atoms with E-state index in [0.717, 1.165) is 0 Å². The Bertz CT molecular complexity index is 802. The minimum atomic E-state index is -2.51. The maximum atomic E-state index is 12.3. The fraction of sp³-hybridized carbons (Fsp3) is 0.333. The summed E-state index contributed by atoms with van der Waals surface area (Å²) in [7, 11) is 0. The van der Waals surface area contributed by atoms with Crippen LogP contribution in [0.1, 0.15) is 34.4 Å². The van der Waals surface area contributed by atoms with Gasteiger partial charge in [0.2, 0.25) is 0 Å². The summed E-state index contributed by atoms with van der Waals surface area (Å²) in [6.45, 7) is 6.59. The summed E-state index contributed by atoms with van der Waals surface area (Å²) in [5.74, 6) is -2.61. The standard InChI is InChI=1S/C18H19F2NO4S/c1-9-10(2)24-11(3)15(9)17(23)25-12(4)16(22)21-13-5-7-14(8-6-13)26-18(19)20/h5-8,12,18H,1-4H3,(H,21,22)/t12-/m1/s1. The van der Waals surface area contributed by atoms with Crippen molar-refractivity contribution in [2.24, 2.45) is 0 Å². The van der Waals surface area contributed by atoms with Crippen molar-refractivity contribution in [3.05, 3.63) is 46.9 Å². The smallest absolute Gasteiger partial charge is 0.342 e. The predicted octanol–water partition coefficient (Wildman–Crippen LogP) is 4.70. The van der Waals surface area contributed by atoms with Crippen LogP contribution in [0.25, 0.3) is 0 Å². The SMILES string of the molecule is Cc1oc(C)c(C(=O)O[C@H](C)C(=O)Nc2ccc(SC(F)F)cc2)c1C. The van der Waals surface area contributed by atoms with Crippen LogP contribution in [0.4, 0.5) is 14.5 Å². The lowest BCUT2D eigenvalue weighted by Gasteiger charge is -2.14. The lowest BCUT2D eigenvalue weighted by molar-refractivity contribution is -0.123. The molecule has 1 heterocycles. The van der Waals surface area contributed by atoms with E-state index in [1.807, 2.05) is 0 Å². The fourth-order valence-corrected chi connectivity index (χ4v) is 2.83. The van der Waals surface area contributed by atoms with E-state index in [2.05, 4.69) is 5.32 Å². The molecule has 0 unspecified atom stereocenters. The molecule has 0 aliphatic rings. The number of aryl methyl sites for hydroxylation is 2. The van der Waals surface area contributed by atoms with Gasteiger partial charge < -0.3 is 14.5 Å². The Balaban J connectivity index is 1.98. The highest BCUT2D eigenvalue weighted by Crippen LogP contribution is 2.26. The number of hydrogen-bond acceptors (Lipinski definition) is 5. The second-order valence-electron chi connectivity index (χ2n) is 5.65. The van der Waals surface area contributed by atoms with Crippen LogP contribution in [0.3, 0.4) is 0 Å². The van der Waals surface area contributed by atoms with E-state index in [1.165, 1.54) is 31.2 Å². The Morgan fingerprint density at radius 2 is 1.73 bits per heavy atom. The van der Waals surface area contributed by atoms with Gasteiger partial charge in [-0.2, -0.15) is 8.78 Å². The molecule has 0 saturated heterocycles. The van der Waals surface area contributed by atoms with Crippen LogP contribution in [0, 0.1) is 20.8 Å². The van der Waals surface area contributed by atoms with Gasteiger partial charge in [-0.1, -0.05) is 11.8 Å². The number of esters is 1. The van der Waals surface area contributed by atoms with Gasteiger partial charge in [0, 0.05) is 16.1 Å². The summed E-state index contributed by atoms with van der Waals surface area (Å²) in [6.07, 6.45) is -1.04. The number of halogens is 2. The Morgan fingerprint density at radius 3 is 2.23 bits per heavy atom. The minimum Gasteiger partial charge on any atom is -0.465 e. The molecule has 140 valence electrons. The Hall–Kier alpha value is -2.35. The quantitative estimate of drug-likeness (QED) is 0.578. The van der Waals surface area contributed by atoms with Crippen molar-refractivity contribution in [2.45, 2.75) is 44.5 Å². The summed E-state index contributed by atoms with van der Waals surface area (Å²) in [5, 5.41) is 2.58. The van der Waals surface area contributed by atoms with Crippen molar-refractivity contribution in [1.82, 2.24) is 0 Å². The highest BCUT2D eigenvalue weighted by atomic mass is 32.2. The fourth-order valence-electron chi connectivity index (χ4n) is 2.33. The molecule has 0 radical (unpaired) electrons. The molecule has 5 nitrogen and oxygen atoms in total. The molecule has 0 saturated carbocycles. The number of alkyl halides is 2. The summed E-state index contributed by atoms with van der Waals surface area (Å²) >= 11 is 0.419. The first-order chi connectivity index (χ1) is 12.2. The van der Waals surface area contributed by atoms with Crippen molar-refractivity contribution in [3.8, 4) is 0 Å². The van der Waals surface area contributed by atoms with Crippen LogP contribution in [-0.4, -0.2) is 23.7 Å². The zero-order chi connectivity index (χ0) is 19.4. The molecule has 0 aliphatic carbocycles. The van der Waals surface area contributed by atoms with Crippen molar-refractivity contribution in [2.75, 3.05) is 5.32 Å². The summed E-state index contributed by atoms with van der Waals surface area (Å²) in [5.41, 5.74) is 1.41. The van der Waals surface area contributed by atoms with Gasteiger partial charge >= 0.3 is 5.97 Å². The number of rotatable bonds is 6. The minimum absolute atomic E-state index is 0.315. The van der Waals surface area contributed by atoms with E-state index >= 15 is 0 Å². The second kappa shape index (κ2) is 8.35. The van der Waals surface area contributed by atoms with Gasteiger partial charge in [0.25, 0.3) is 11.7 Å². The van der Waals surface area contributed by atoms with Crippen LogP contribution in [-0.2, 0) is 9.53 Å². The zero-order valence-electron chi connectivity index (χ0n) is 14.8. The normalized spacial score (nSPS) is 12.1. The van der Waals surface area contributed by atoms with Gasteiger partial charge in [-0.05, 0) is 52.0 Å². The molecule has 26 heavy (non-hydrogen) atoms. The molecule has 1 atom stereocenters. The Kier molecular flexibility index (Phi) is 6.42. The number of furan rings is 1. The molecule has 0 spiro atoms. The van der Waals surface area contributed by atoms with Gasteiger partial charge in [0.05, 0.1) is 0 Å². The first kappa shape index (κ1) is 20.0. The number of hydrogen-bond donors (Lipinski definition) is 1. The van der Waals surface area contributed by atoms with Crippen molar-refractivity contribution in [1.29, 1.82) is 0 Å². The van der Waals surface area contributed by atoms with Gasteiger partial charge in [-0.3, -0.25) is 4.79 Å². The molecule has 1 aromatic heterocycles. The second-order valence-corrected chi connectivity index (χ2v) is 6.72. The van der Waals surface area contributed by atoms with Crippen molar-refractivity contribution in [3.63, 3.8) is 0 Å². The number of ether oxygens (including phenoxy) is 1. The topological polar surface area (TPSA) is 68.5 Å².